The van der Waals surface area contributed by atoms with Crippen LogP contribution in [0.2, 0.25) is 10.0 Å². The van der Waals surface area contributed by atoms with Gasteiger partial charge in [-0.2, -0.15) is 0 Å². The van der Waals surface area contributed by atoms with Gasteiger partial charge in [0.2, 0.25) is 0 Å². The molecule has 0 aliphatic rings. The summed E-state index contributed by atoms with van der Waals surface area (Å²) in [6.07, 6.45) is -1.29. The van der Waals surface area contributed by atoms with Crippen molar-refractivity contribution in [3.05, 3.63) is 56.1 Å². The minimum atomic E-state index is -1.29. The van der Waals surface area contributed by atoms with Crippen LogP contribution in [0, 0.1) is 10.1 Å². The molecule has 0 bridgehead atoms. The highest BCUT2D eigenvalue weighted by atomic mass is 35.5. The lowest BCUT2D eigenvalue weighted by atomic mass is 10.1. The molecule has 0 saturated carbocycles. The zero-order valence-electron chi connectivity index (χ0n) is 15.5. The van der Waals surface area contributed by atoms with E-state index in [4.69, 9.17) is 37.4 Å². The molecule has 29 heavy (non-hydrogen) atoms. The number of carbonyl (C=O) groups excluding carboxylic acids is 2. The maximum absolute atomic E-state index is 12.5. The van der Waals surface area contributed by atoms with E-state index in [0.717, 1.165) is 12.1 Å². The second-order valence-corrected chi connectivity index (χ2v) is 6.40. The minimum absolute atomic E-state index is 0.0668. The number of rotatable bonds is 7. The van der Waals surface area contributed by atoms with E-state index in [9.17, 15) is 19.7 Å². The Labute approximate surface area is 175 Å². The number of nitro benzene ring substituents is 1. The molecule has 0 aromatic heterocycles. The van der Waals surface area contributed by atoms with Crippen molar-refractivity contribution in [2.75, 3.05) is 19.5 Å². The highest BCUT2D eigenvalue weighted by Crippen LogP contribution is 2.35. The Kier molecular flexibility index (Phi) is 7.24. The van der Waals surface area contributed by atoms with Crippen molar-refractivity contribution in [2.45, 2.75) is 13.0 Å². The summed E-state index contributed by atoms with van der Waals surface area (Å²) in [7, 11) is 2.61. The van der Waals surface area contributed by atoms with Crippen LogP contribution in [0.3, 0.4) is 0 Å². The third-order valence-corrected chi connectivity index (χ3v) is 4.60. The van der Waals surface area contributed by atoms with E-state index in [1.54, 1.807) is 12.1 Å². The predicted octanol–water partition coefficient (Wildman–Crippen LogP) is 4.10. The standard InChI is InChI=1S/C18H16Cl2N2O7/c1-9(17(23)21-12-6-4-5-11(19)16(12)20)29-18(24)10-7-14(27-2)15(28-3)8-13(10)22(25)26/h4-9H,1-3H3,(H,21,23)/t9-/m0/s1. The van der Waals surface area contributed by atoms with Crippen LogP contribution in [0.15, 0.2) is 30.3 Å². The van der Waals surface area contributed by atoms with Crippen LogP contribution in [-0.4, -0.2) is 37.1 Å². The molecule has 2 rings (SSSR count). The molecule has 0 aliphatic carbocycles. The number of nitro groups is 1. The van der Waals surface area contributed by atoms with Gasteiger partial charge in [-0.3, -0.25) is 14.9 Å². The fourth-order valence-electron chi connectivity index (χ4n) is 2.30. The van der Waals surface area contributed by atoms with E-state index in [0.29, 0.717) is 0 Å². The summed E-state index contributed by atoms with van der Waals surface area (Å²) in [5.41, 5.74) is -0.726. The monoisotopic (exact) mass is 442 g/mol. The number of hydrogen-bond acceptors (Lipinski definition) is 7. The summed E-state index contributed by atoms with van der Waals surface area (Å²) in [6, 6.07) is 6.77. The van der Waals surface area contributed by atoms with Crippen molar-refractivity contribution in [2.24, 2.45) is 0 Å². The Morgan fingerprint density at radius 1 is 1.14 bits per heavy atom. The molecular formula is C18H16Cl2N2O7. The summed E-state index contributed by atoms with van der Waals surface area (Å²) in [4.78, 5) is 35.3. The SMILES string of the molecule is COc1cc(C(=O)O[C@@H](C)C(=O)Nc2cccc(Cl)c2Cl)c([N+](=O)[O-])cc1OC. The number of nitrogens with zero attached hydrogens (tertiary/aromatic N) is 1. The molecule has 9 nitrogen and oxygen atoms in total. The molecule has 1 amide bonds. The first-order chi connectivity index (χ1) is 13.7. The molecule has 2 aromatic carbocycles. The quantitative estimate of drug-likeness (QED) is 0.389. The first-order valence-corrected chi connectivity index (χ1v) is 8.81. The number of anilines is 1. The molecule has 0 radical (unpaired) electrons. The van der Waals surface area contributed by atoms with Gasteiger partial charge in [0, 0.05) is 6.07 Å². The molecule has 1 N–H and O–H groups in total. The molecule has 0 fully saturated rings. The first kappa shape index (κ1) is 22.3. The van der Waals surface area contributed by atoms with Gasteiger partial charge in [-0.1, -0.05) is 29.3 Å². The fourth-order valence-corrected chi connectivity index (χ4v) is 2.64. The number of nitrogens with one attached hydrogen (secondary N) is 1. The third kappa shape index (κ3) is 5.07. The lowest BCUT2D eigenvalue weighted by molar-refractivity contribution is -0.385. The van der Waals surface area contributed by atoms with E-state index in [1.807, 2.05) is 0 Å². The number of methoxy groups -OCH3 is 2. The summed E-state index contributed by atoms with van der Waals surface area (Å²) in [5, 5.41) is 14.1. The Morgan fingerprint density at radius 3 is 2.34 bits per heavy atom. The Balaban J connectivity index is 2.23. The van der Waals surface area contributed by atoms with Gasteiger partial charge in [0.15, 0.2) is 17.6 Å². The Bertz CT molecular complexity index is 965. The fraction of sp³-hybridized carbons (Fsp3) is 0.222. The van der Waals surface area contributed by atoms with Crippen molar-refractivity contribution in [1.29, 1.82) is 0 Å². The van der Waals surface area contributed by atoms with E-state index >= 15 is 0 Å². The lowest BCUT2D eigenvalue weighted by Crippen LogP contribution is -2.30. The number of hydrogen-bond donors (Lipinski definition) is 1. The van der Waals surface area contributed by atoms with E-state index in [2.05, 4.69) is 5.32 Å². The molecule has 0 spiro atoms. The lowest BCUT2D eigenvalue weighted by Gasteiger charge is -2.15. The normalized spacial score (nSPS) is 11.3. The van der Waals surface area contributed by atoms with Crippen molar-refractivity contribution in [3.63, 3.8) is 0 Å². The molecule has 1 atom stereocenters. The second-order valence-electron chi connectivity index (χ2n) is 5.62. The van der Waals surface area contributed by atoms with Crippen LogP contribution in [0.5, 0.6) is 11.5 Å². The molecule has 0 unspecified atom stereocenters. The number of benzene rings is 2. The van der Waals surface area contributed by atoms with E-state index in [1.165, 1.54) is 27.2 Å². The molecular weight excluding hydrogens is 427 g/mol. The summed E-state index contributed by atoms with van der Waals surface area (Å²) < 4.78 is 15.1. The molecule has 2 aromatic rings. The van der Waals surface area contributed by atoms with Crippen molar-refractivity contribution < 1.29 is 28.7 Å². The summed E-state index contributed by atoms with van der Waals surface area (Å²) in [6.45, 7) is 1.30. The van der Waals surface area contributed by atoms with Crippen molar-refractivity contribution >= 4 is 46.5 Å². The molecule has 154 valence electrons. The van der Waals surface area contributed by atoms with Crippen LogP contribution in [0.1, 0.15) is 17.3 Å². The maximum Gasteiger partial charge on any atom is 0.346 e. The van der Waals surface area contributed by atoms with E-state index in [-0.39, 0.29) is 27.2 Å². The number of esters is 1. The van der Waals surface area contributed by atoms with Gasteiger partial charge in [0.1, 0.15) is 5.56 Å². The van der Waals surface area contributed by atoms with Gasteiger partial charge in [-0.15, -0.1) is 0 Å². The topological polar surface area (TPSA) is 117 Å². The first-order valence-electron chi connectivity index (χ1n) is 8.05. The maximum atomic E-state index is 12.5. The molecule has 11 heteroatoms. The summed E-state index contributed by atoms with van der Waals surface area (Å²) >= 11 is 11.9. The highest BCUT2D eigenvalue weighted by Gasteiger charge is 2.28. The van der Waals surface area contributed by atoms with Crippen LogP contribution in [-0.2, 0) is 9.53 Å². The van der Waals surface area contributed by atoms with Gasteiger partial charge >= 0.3 is 5.97 Å². The molecule has 0 saturated heterocycles. The zero-order chi connectivity index (χ0) is 21.7. The van der Waals surface area contributed by atoms with Crippen molar-refractivity contribution in [1.82, 2.24) is 0 Å². The van der Waals surface area contributed by atoms with Gasteiger partial charge in [0.05, 0.1) is 40.9 Å². The smallest absolute Gasteiger partial charge is 0.346 e. The predicted molar refractivity (Wildman–Crippen MR) is 106 cm³/mol. The van der Waals surface area contributed by atoms with Gasteiger partial charge < -0.3 is 19.5 Å². The van der Waals surface area contributed by atoms with E-state index < -0.39 is 34.2 Å². The Hall–Kier alpha value is -3.04. The van der Waals surface area contributed by atoms with Crippen LogP contribution >= 0.6 is 23.2 Å². The Morgan fingerprint density at radius 2 is 1.76 bits per heavy atom. The zero-order valence-corrected chi connectivity index (χ0v) is 17.0. The van der Waals surface area contributed by atoms with Crippen LogP contribution < -0.4 is 14.8 Å². The number of halogens is 2. The largest absolute Gasteiger partial charge is 0.493 e. The molecule has 0 heterocycles. The average Bonchev–Trinajstić information content (AvgIpc) is 2.69. The number of amides is 1. The van der Waals surface area contributed by atoms with Gasteiger partial charge in [0.25, 0.3) is 11.6 Å². The van der Waals surface area contributed by atoms with Gasteiger partial charge in [-0.25, -0.2) is 4.79 Å². The second kappa shape index (κ2) is 9.44. The van der Waals surface area contributed by atoms with Crippen LogP contribution in [0.25, 0.3) is 0 Å². The number of ether oxygens (including phenoxy) is 3. The highest BCUT2D eigenvalue weighted by molar-refractivity contribution is 6.44. The molecule has 0 aliphatic heterocycles. The number of carbonyl (C=O) groups is 2. The minimum Gasteiger partial charge on any atom is -0.493 e. The average molecular weight is 443 g/mol. The van der Waals surface area contributed by atoms with Crippen molar-refractivity contribution in [3.8, 4) is 11.5 Å². The summed E-state index contributed by atoms with van der Waals surface area (Å²) in [5.74, 6) is -1.63. The third-order valence-electron chi connectivity index (χ3n) is 3.78. The van der Waals surface area contributed by atoms with Crippen LogP contribution in [0.4, 0.5) is 11.4 Å². The van der Waals surface area contributed by atoms with Gasteiger partial charge in [-0.05, 0) is 19.1 Å².